The Bertz CT molecular complexity index is 421. The largest absolute Gasteiger partial charge is 0.394 e. The molecule has 7 nitrogen and oxygen atoms in total. The summed E-state index contributed by atoms with van der Waals surface area (Å²) in [5.41, 5.74) is 0.211. The molecule has 1 fully saturated rings. The van der Waals surface area contributed by atoms with E-state index in [4.69, 9.17) is 14.6 Å². The monoisotopic (exact) mass is 332 g/mol. The quantitative estimate of drug-likeness (QED) is 0.422. The minimum Gasteiger partial charge on any atom is -0.394 e. The Labute approximate surface area is 136 Å². The van der Waals surface area contributed by atoms with E-state index in [0.29, 0.717) is 0 Å². The highest BCUT2D eigenvalue weighted by molar-refractivity contribution is 5.05. The molecule has 7 atom stereocenters. The van der Waals surface area contributed by atoms with Crippen molar-refractivity contribution in [2.24, 2.45) is 5.92 Å². The maximum absolute atomic E-state index is 10.6. The van der Waals surface area contributed by atoms with E-state index >= 15 is 0 Å². The van der Waals surface area contributed by atoms with Gasteiger partial charge < -0.3 is 35.0 Å². The molecule has 23 heavy (non-hydrogen) atoms. The Hall–Kier alpha value is -0.540. The molecule has 0 amide bonds. The summed E-state index contributed by atoms with van der Waals surface area (Å²) in [7, 11) is 0. The second-order valence-electron chi connectivity index (χ2n) is 6.89. The fraction of sp³-hybridized carbons (Fsp3) is 0.875. The number of hydrogen-bond donors (Lipinski definition) is 5. The van der Waals surface area contributed by atoms with Gasteiger partial charge in [-0.05, 0) is 39.0 Å². The van der Waals surface area contributed by atoms with Crippen LogP contribution in [0.4, 0.5) is 0 Å². The SMILES string of the molecule is CC1=CC[C@H]([C@@](C)(O)CO[C@@H]2O[C@H](CO)[C@@H](O)[C@H](O)[C@H]2O)CC1. The third kappa shape index (κ3) is 4.30. The van der Waals surface area contributed by atoms with E-state index in [1.54, 1.807) is 6.92 Å². The van der Waals surface area contributed by atoms with E-state index < -0.39 is 42.9 Å². The van der Waals surface area contributed by atoms with Crippen molar-refractivity contribution in [1.82, 2.24) is 0 Å². The second kappa shape index (κ2) is 7.57. The van der Waals surface area contributed by atoms with Crippen LogP contribution in [-0.2, 0) is 9.47 Å². The van der Waals surface area contributed by atoms with Crippen molar-refractivity contribution in [2.45, 2.75) is 69.4 Å². The van der Waals surface area contributed by atoms with Gasteiger partial charge in [0.25, 0.3) is 0 Å². The molecule has 0 spiro atoms. The van der Waals surface area contributed by atoms with E-state index in [1.165, 1.54) is 5.57 Å². The first kappa shape index (κ1) is 18.8. The van der Waals surface area contributed by atoms with Gasteiger partial charge in [0.2, 0.25) is 0 Å². The topological polar surface area (TPSA) is 120 Å². The van der Waals surface area contributed by atoms with Crippen LogP contribution in [-0.4, -0.2) is 75.1 Å². The second-order valence-corrected chi connectivity index (χ2v) is 6.89. The molecule has 7 heteroatoms. The van der Waals surface area contributed by atoms with E-state index in [-0.39, 0.29) is 12.5 Å². The van der Waals surface area contributed by atoms with Crippen LogP contribution >= 0.6 is 0 Å². The average molecular weight is 332 g/mol. The van der Waals surface area contributed by atoms with Crippen LogP contribution in [0.2, 0.25) is 0 Å². The molecule has 0 saturated carbocycles. The molecule has 1 aliphatic heterocycles. The Morgan fingerprint density at radius 3 is 2.52 bits per heavy atom. The van der Waals surface area contributed by atoms with Crippen LogP contribution < -0.4 is 0 Å². The summed E-state index contributed by atoms with van der Waals surface area (Å²) in [6.45, 7) is 3.16. The number of aliphatic hydroxyl groups excluding tert-OH is 4. The molecular weight excluding hydrogens is 304 g/mol. The molecule has 2 rings (SSSR count). The van der Waals surface area contributed by atoms with Gasteiger partial charge in [-0.3, -0.25) is 0 Å². The summed E-state index contributed by atoms with van der Waals surface area (Å²) in [4.78, 5) is 0. The summed E-state index contributed by atoms with van der Waals surface area (Å²) in [6, 6.07) is 0. The van der Waals surface area contributed by atoms with Gasteiger partial charge in [-0.1, -0.05) is 11.6 Å². The van der Waals surface area contributed by atoms with Crippen LogP contribution in [0.3, 0.4) is 0 Å². The van der Waals surface area contributed by atoms with Crippen LogP contribution in [0, 0.1) is 5.92 Å². The summed E-state index contributed by atoms with van der Waals surface area (Å²) in [6.07, 6.45) is -1.90. The molecule has 1 saturated heterocycles. The van der Waals surface area contributed by atoms with Gasteiger partial charge >= 0.3 is 0 Å². The molecule has 0 bridgehead atoms. The first-order chi connectivity index (χ1) is 10.8. The normalized spacial score (nSPS) is 41.3. The highest BCUT2D eigenvalue weighted by Gasteiger charge is 2.45. The highest BCUT2D eigenvalue weighted by Crippen LogP contribution is 2.33. The van der Waals surface area contributed by atoms with E-state index in [0.717, 1.165) is 19.3 Å². The molecule has 0 aromatic heterocycles. The van der Waals surface area contributed by atoms with E-state index in [1.807, 2.05) is 0 Å². The number of allylic oxidation sites excluding steroid dienone is 2. The molecule has 134 valence electrons. The number of aliphatic hydroxyl groups is 5. The van der Waals surface area contributed by atoms with Gasteiger partial charge in [0.1, 0.15) is 24.4 Å². The number of ether oxygens (including phenoxy) is 2. The molecule has 2 aliphatic rings. The van der Waals surface area contributed by atoms with Gasteiger partial charge in [0.05, 0.1) is 18.8 Å². The average Bonchev–Trinajstić information content (AvgIpc) is 2.52. The zero-order valence-electron chi connectivity index (χ0n) is 13.6. The van der Waals surface area contributed by atoms with Gasteiger partial charge in [0, 0.05) is 0 Å². The lowest BCUT2D eigenvalue weighted by molar-refractivity contribution is -0.309. The Morgan fingerprint density at radius 2 is 1.96 bits per heavy atom. The molecule has 0 aromatic carbocycles. The molecular formula is C16H28O7. The van der Waals surface area contributed by atoms with E-state index in [9.17, 15) is 20.4 Å². The molecule has 1 heterocycles. The molecule has 5 N–H and O–H groups in total. The molecule has 0 unspecified atom stereocenters. The van der Waals surface area contributed by atoms with Crippen molar-refractivity contribution < 1.29 is 35.0 Å². The first-order valence-corrected chi connectivity index (χ1v) is 8.06. The summed E-state index contributed by atoms with van der Waals surface area (Å²) in [5.74, 6) is 0.0380. The van der Waals surface area contributed by atoms with Crippen LogP contribution in [0.15, 0.2) is 11.6 Å². The van der Waals surface area contributed by atoms with E-state index in [2.05, 4.69) is 13.0 Å². The smallest absolute Gasteiger partial charge is 0.186 e. The third-order valence-electron chi connectivity index (χ3n) is 4.91. The van der Waals surface area contributed by atoms with Gasteiger partial charge in [-0.15, -0.1) is 0 Å². The highest BCUT2D eigenvalue weighted by atomic mass is 16.7. The zero-order chi connectivity index (χ0) is 17.2. The van der Waals surface area contributed by atoms with Gasteiger partial charge in [0.15, 0.2) is 6.29 Å². The van der Waals surface area contributed by atoms with Crippen LogP contribution in [0.1, 0.15) is 33.1 Å². The maximum atomic E-state index is 10.6. The molecule has 0 aromatic rings. The van der Waals surface area contributed by atoms with Crippen LogP contribution in [0.25, 0.3) is 0 Å². The zero-order valence-corrected chi connectivity index (χ0v) is 13.6. The lowest BCUT2D eigenvalue weighted by Gasteiger charge is -2.41. The lowest BCUT2D eigenvalue weighted by atomic mass is 9.79. The van der Waals surface area contributed by atoms with Gasteiger partial charge in [-0.25, -0.2) is 0 Å². The molecule has 1 aliphatic carbocycles. The van der Waals surface area contributed by atoms with Crippen molar-refractivity contribution in [3.05, 3.63) is 11.6 Å². The third-order valence-corrected chi connectivity index (χ3v) is 4.91. The first-order valence-electron chi connectivity index (χ1n) is 8.06. The van der Waals surface area contributed by atoms with Crippen molar-refractivity contribution in [3.8, 4) is 0 Å². The fourth-order valence-corrected chi connectivity index (χ4v) is 3.10. The predicted octanol–water partition coefficient (Wildman–Crippen LogP) is -0.700. The molecule has 0 radical (unpaired) electrons. The lowest BCUT2D eigenvalue weighted by Crippen LogP contribution is -2.59. The fourth-order valence-electron chi connectivity index (χ4n) is 3.10. The maximum Gasteiger partial charge on any atom is 0.186 e. The summed E-state index contributed by atoms with van der Waals surface area (Å²) >= 11 is 0. The van der Waals surface area contributed by atoms with Crippen LogP contribution in [0.5, 0.6) is 0 Å². The van der Waals surface area contributed by atoms with Crippen molar-refractivity contribution in [3.63, 3.8) is 0 Å². The Morgan fingerprint density at radius 1 is 1.26 bits per heavy atom. The number of hydrogen-bond acceptors (Lipinski definition) is 7. The Kier molecular flexibility index (Phi) is 6.18. The summed E-state index contributed by atoms with van der Waals surface area (Å²) in [5, 5.41) is 49.2. The minimum atomic E-state index is -1.48. The minimum absolute atomic E-state index is 0.0380. The van der Waals surface area contributed by atoms with Crippen molar-refractivity contribution in [2.75, 3.05) is 13.2 Å². The van der Waals surface area contributed by atoms with Crippen molar-refractivity contribution >= 4 is 0 Å². The van der Waals surface area contributed by atoms with Crippen molar-refractivity contribution in [1.29, 1.82) is 0 Å². The standard InChI is InChI=1S/C16H28O7/c1-9-3-5-10(6-4-9)16(2,21)8-22-15-14(20)13(19)12(18)11(7-17)23-15/h3,10-15,17-21H,4-8H2,1-2H3/t10-,11+,12+,13-,14+,15+,16-/m0/s1. The summed E-state index contributed by atoms with van der Waals surface area (Å²) < 4.78 is 10.7. The predicted molar refractivity (Wildman–Crippen MR) is 81.4 cm³/mol. The number of rotatable bonds is 5. The Balaban J connectivity index is 1.93. The van der Waals surface area contributed by atoms with Gasteiger partial charge in [-0.2, -0.15) is 0 Å².